The van der Waals surface area contributed by atoms with Crippen LogP contribution in [0.15, 0.2) is 30.3 Å². The summed E-state index contributed by atoms with van der Waals surface area (Å²) in [5.41, 5.74) is 0.332. The van der Waals surface area contributed by atoms with Crippen molar-refractivity contribution in [3.05, 3.63) is 30.3 Å². The van der Waals surface area contributed by atoms with Crippen molar-refractivity contribution in [3.63, 3.8) is 0 Å². The van der Waals surface area contributed by atoms with Gasteiger partial charge in [-0.25, -0.2) is 0 Å². The highest BCUT2D eigenvalue weighted by Crippen LogP contribution is 2.43. The quantitative estimate of drug-likeness (QED) is 0.787. The molecule has 1 aliphatic rings. The third-order valence-corrected chi connectivity index (χ3v) is 5.00. The molecule has 0 aromatic heterocycles. The normalized spacial score (nSPS) is 26.8. The van der Waals surface area contributed by atoms with Crippen LogP contribution in [0.2, 0.25) is 0 Å². The first-order valence-electron chi connectivity index (χ1n) is 7.68. The van der Waals surface area contributed by atoms with E-state index < -0.39 is 0 Å². The average molecular weight is 271 g/mol. The number of benzene rings is 1. The van der Waals surface area contributed by atoms with Crippen molar-refractivity contribution in [2.75, 3.05) is 0 Å². The zero-order valence-electron chi connectivity index (χ0n) is 12.8. The molecule has 3 unspecified atom stereocenters. The predicted molar refractivity (Wildman–Crippen MR) is 81.4 cm³/mol. The second-order valence-corrected chi connectivity index (χ2v) is 6.56. The van der Waals surface area contributed by atoms with Crippen molar-refractivity contribution >= 4 is 0 Å². The number of ether oxygens (including phenoxy) is 1. The van der Waals surface area contributed by atoms with Gasteiger partial charge in [-0.1, -0.05) is 45.4 Å². The molecule has 0 spiro atoms. The first-order valence-corrected chi connectivity index (χ1v) is 7.68. The fraction of sp³-hybridized carbons (Fsp3) is 0.611. The van der Waals surface area contributed by atoms with Gasteiger partial charge >= 0.3 is 0 Å². The van der Waals surface area contributed by atoms with Crippen LogP contribution < -0.4 is 4.74 Å². The van der Waals surface area contributed by atoms with E-state index in [2.05, 4.69) is 26.8 Å². The SMILES string of the molecule is CCC(C)(C)C1CCC(C#N)C(Oc2ccccc2)C1. The Labute approximate surface area is 122 Å². The molecule has 1 aromatic carbocycles. The van der Waals surface area contributed by atoms with E-state index in [1.165, 1.54) is 6.42 Å². The number of nitrogens with zero attached hydrogens (tertiary/aromatic N) is 1. The van der Waals surface area contributed by atoms with Crippen molar-refractivity contribution in [2.24, 2.45) is 17.3 Å². The van der Waals surface area contributed by atoms with Crippen LogP contribution in [0, 0.1) is 28.6 Å². The highest BCUT2D eigenvalue weighted by atomic mass is 16.5. The first kappa shape index (κ1) is 14.9. The van der Waals surface area contributed by atoms with Crippen molar-refractivity contribution in [1.29, 1.82) is 5.26 Å². The van der Waals surface area contributed by atoms with Gasteiger partial charge in [-0.2, -0.15) is 5.26 Å². The molecule has 0 heterocycles. The van der Waals surface area contributed by atoms with Crippen molar-refractivity contribution in [3.8, 4) is 11.8 Å². The Bertz CT molecular complexity index is 460. The molecule has 1 saturated carbocycles. The lowest BCUT2D eigenvalue weighted by Crippen LogP contribution is -2.38. The molecule has 2 rings (SSSR count). The van der Waals surface area contributed by atoms with Crippen molar-refractivity contribution in [1.82, 2.24) is 0 Å². The summed E-state index contributed by atoms with van der Waals surface area (Å²) in [6, 6.07) is 12.3. The minimum Gasteiger partial charge on any atom is -0.489 e. The van der Waals surface area contributed by atoms with Gasteiger partial charge < -0.3 is 4.74 Å². The smallest absolute Gasteiger partial charge is 0.119 e. The predicted octanol–water partition coefficient (Wildman–Crippen LogP) is 4.81. The second kappa shape index (κ2) is 6.31. The minimum atomic E-state index is 0.0270. The van der Waals surface area contributed by atoms with Crippen LogP contribution in [-0.2, 0) is 0 Å². The lowest BCUT2D eigenvalue weighted by Gasteiger charge is -2.41. The fourth-order valence-corrected chi connectivity index (χ4v) is 3.08. The maximum absolute atomic E-state index is 9.36. The Morgan fingerprint density at radius 3 is 2.55 bits per heavy atom. The molecule has 2 heteroatoms. The number of para-hydroxylation sites is 1. The lowest BCUT2D eigenvalue weighted by molar-refractivity contribution is 0.0410. The third-order valence-electron chi connectivity index (χ3n) is 5.00. The summed E-state index contributed by atoms with van der Waals surface area (Å²) in [4.78, 5) is 0. The summed E-state index contributed by atoms with van der Waals surface area (Å²) in [7, 11) is 0. The van der Waals surface area contributed by atoms with Crippen LogP contribution in [0.3, 0.4) is 0 Å². The van der Waals surface area contributed by atoms with Crippen LogP contribution in [0.25, 0.3) is 0 Å². The number of hydrogen-bond donors (Lipinski definition) is 0. The molecule has 2 nitrogen and oxygen atoms in total. The number of hydrogen-bond acceptors (Lipinski definition) is 2. The van der Waals surface area contributed by atoms with Gasteiger partial charge in [0, 0.05) is 0 Å². The van der Waals surface area contributed by atoms with E-state index in [1.54, 1.807) is 0 Å². The molecule has 0 bridgehead atoms. The second-order valence-electron chi connectivity index (χ2n) is 6.56. The Hall–Kier alpha value is -1.49. The Morgan fingerprint density at radius 2 is 1.95 bits per heavy atom. The van der Waals surface area contributed by atoms with Gasteiger partial charge in [0.15, 0.2) is 0 Å². The van der Waals surface area contributed by atoms with Crippen LogP contribution >= 0.6 is 0 Å². The van der Waals surface area contributed by atoms with Crippen molar-refractivity contribution in [2.45, 2.75) is 52.6 Å². The molecule has 20 heavy (non-hydrogen) atoms. The number of nitriles is 1. The lowest BCUT2D eigenvalue weighted by atomic mass is 9.67. The molecule has 3 atom stereocenters. The fourth-order valence-electron chi connectivity index (χ4n) is 3.08. The standard InChI is InChI=1S/C18H25NO/c1-4-18(2,3)15-11-10-14(13-19)17(12-15)20-16-8-6-5-7-9-16/h5-9,14-15,17H,4,10-12H2,1-3H3. The molecule has 1 aliphatic carbocycles. The maximum Gasteiger partial charge on any atom is 0.119 e. The summed E-state index contributed by atoms with van der Waals surface area (Å²) < 4.78 is 6.11. The summed E-state index contributed by atoms with van der Waals surface area (Å²) in [6.45, 7) is 6.93. The molecule has 108 valence electrons. The molecule has 0 radical (unpaired) electrons. The van der Waals surface area contributed by atoms with E-state index >= 15 is 0 Å². The summed E-state index contributed by atoms with van der Waals surface area (Å²) >= 11 is 0. The van der Waals surface area contributed by atoms with Gasteiger partial charge in [0.25, 0.3) is 0 Å². The van der Waals surface area contributed by atoms with Crippen LogP contribution in [0.1, 0.15) is 46.5 Å². The molecule has 0 saturated heterocycles. The zero-order chi connectivity index (χ0) is 14.6. The van der Waals surface area contributed by atoms with Gasteiger partial charge in [-0.15, -0.1) is 0 Å². The molecule has 1 aromatic rings. The summed E-state index contributed by atoms with van der Waals surface area (Å²) in [6.07, 6.45) is 4.31. The Balaban J connectivity index is 2.09. The topological polar surface area (TPSA) is 33.0 Å². The highest BCUT2D eigenvalue weighted by molar-refractivity contribution is 5.21. The van der Waals surface area contributed by atoms with Crippen LogP contribution in [0.4, 0.5) is 0 Å². The summed E-state index contributed by atoms with van der Waals surface area (Å²) in [5, 5.41) is 9.36. The third kappa shape index (κ3) is 3.33. The molecule has 0 aliphatic heterocycles. The Morgan fingerprint density at radius 1 is 1.25 bits per heavy atom. The summed E-state index contributed by atoms with van der Waals surface area (Å²) in [5.74, 6) is 1.55. The van der Waals surface area contributed by atoms with Gasteiger partial charge in [-0.3, -0.25) is 0 Å². The van der Waals surface area contributed by atoms with E-state index in [4.69, 9.17) is 4.74 Å². The van der Waals surface area contributed by atoms with E-state index in [0.29, 0.717) is 11.3 Å². The zero-order valence-corrected chi connectivity index (χ0v) is 12.8. The van der Waals surface area contributed by atoms with Crippen molar-refractivity contribution < 1.29 is 4.74 Å². The molecular formula is C18H25NO. The van der Waals surface area contributed by atoms with Gasteiger partial charge in [-0.05, 0) is 42.7 Å². The van der Waals surface area contributed by atoms with Crippen LogP contribution in [-0.4, -0.2) is 6.10 Å². The number of rotatable bonds is 4. The van der Waals surface area contributed by atoms with Gasteiger partial charge in [0.2, 0.25) is 0 Å². The molecular weight excluding hydrogens is 246 g/mol. The van der Waals surface area contributed by atoms with E-state index in [1.807, 2.05) is 30.3 Å². The molecule has 1 fully saturated rings. The maximum atomic E-state index is 9.36. The van der Waals surface area contributed by atoms with Gasteiger partial charge in [0.1, 0.15) is 11.9 Å². The Kier molecular flexibility index (Phi) is 4.70. The molecule has 0 N–H and O–H groups in total. The van der Waals surface area contributed by atoms with E-state index in [0.717, 1.165) is 25.0 Å². The highest BCUT2D eigenvalue weighted by Gasteiger charge is 2.38. The average Bonchev–Trinajstić information content (AvgIpc) is 2.48. The monoisotopic (exact) mass is 271 g/mol. The van der Waals surface area contributed by atoms with Gasteiger partial charge in [0.05, 0.1) is 12.0 Å². The van der Waals surface area contributed by atoms with E-state index in [9.17, 15) is 5.26 Å². The first-order chi connectivity index (χ1) is 9.56. The minimum absolute atomic E-state index is 0.0270. The van der Waals surface area contributed by atoms with Crippen LogP contribution in [0.5, 0.6) is 5.75 Å². The largest absolute Gasteiger partial charge is 0.489 e. The van der Waals surface area contributed by atoms with E-state index in [-0.39, 0.29) is 12.0 Å². The molecule has 0 amide bonds.